The van der Waals surface area contributed by atoms with E-state index in [1.165, 1.54) is 0 Å². The van der Waals surface area contributed by atoms with Crippen LogP contribution in [0, 0.1) is 0 Å². The van der Waals surface area contributed by atoms with Gasteiger partial charge in [-0.05, 0) is 56.1 Å². The first kappa shape index (κ1) is 16.0. The Morgan fingerprint density at radius 2 is 1.75 bits per heavy atom. The van der Waals surface area contributed by atoms with Crippen molar-refractivity contribution in [2.45, 2.75) is 0 Å². The number of hydrogen-bond donors (Lipinski definition) is 0. The van der Waals surface area contributed by atoms with Crippen LogP contribution in [0.3, 0.4) is 0 Å². The van der Waals surface area contributed by atoms with Gasteiger partial charge in [0, 0.05) is 15.1 Å². The Balaban J connectivity index is 2.11. The standard InChI is InChI=1S/C14H8Br3ClO2/c15-9-5-11(16)14(12(17)6-9)20-7-13(19)8-2-1-3-10(18)4-8/h1-6H,7H2. The minimum atomic E-state index is -0.130. The van der Waals surface area contributed by atoms with E-state index in [9.17, 15) is 4.79 Å². The molecule has 104 valence electrons. The molecule has 0 spiro atoms. The van der Waals surface area contributed by atoms with Gasteiger partial charge in [0.05, 0.1) is 8.95 Å². The predicted octanol–water partition coefficient (Wildman–Crippen LogP) is 5.89. The number of hydrogen-bond acceptors (Lipinski definition) is 2. The Morgan fingerprint density at radius 1 is 1.10 bits per heavy atom. The second-order valence-electron chi connectivity index (χ2n) is 3.92. The number of halogens is 4. The van der Waals surface area contributed by atoms with Crippen LogP contribution in [0.1, 0.15) is 10.4 Å². The fourth-order valence-corrected chi connectivity index (χ4v) is 4.23. The van der Waals surface area contributed by atoms with Crippen molar-refractivity contribution < 1.29 is 9.53 Å². The van der Waals surface area contributed by atoms with E-state index in [0.717, 1.165) is 13.4 Å². The SMILES string of the molecule is O=C(COc1c(Br)cc(Br)cc1Br)c1cccc(Cl)c1. The second kappa shape index (κ2) is 7.07. The van der Waals surface area contributed by atoms with Crippen molar-refractivity contribution in [3.63, 3.8) is 0 Å². The molecule has 0 aromatic heterocycles. The molecule has 0 N–H and O–H groups in total. The molecule has 0 aliphatic heterocycles. The van der Waals surface area contributed by atoms with E-state index in [2.05, 4.69) is 47.8 Å². The summed E-state index contributed by atoms with van der Waals surface area (Å²) in [5.41, 5.74) is 0.529. The zero-order chi connectivity index (χ0) is 14.7. The fourth-order valence-electron chi connectivity index (χ4n) is 1.55. The second-order valence-corrected chi connectivity index (χ2v) is 6.98. The van der Waals surface area contributed by atoms with Gasteiger partial charge in [0.1, 0.15) is 5.75 Å². The van der Waals surface area contributed by atoms with Gasteiger partial charge in [-0.2, -0.15) is 0 Å². The molecule has 0 atom stereocenters. The summed E-state index contributed by atoms with van der Waals surface area (Å²) >= 11 is 16.0. The molecule has 0 aliphatic carbocycles. The first-order valence-corrected chi connectivity index (χ1v) is 8.29. The maximum atomic E-state index is 12.0. The lowest BCUT2D eigenvalue weighted by Crippen LogP contribution is -2.12. The molecule has 0 saturated heterocycles. The maximum absolute atomic E-state index is 12.0. The van der Waals surface area contributed by atoms with Crippen molar-refractivity contribution in [2.24, 2.45) is 0 Å². The van der Waals surface area contributed by atoms with Crippen molar-refractivity contribution in [1.29, 1.82) is 0 Å². The van der Waals surface area contributed by atoms with Crippen LogP contribution < -0.4 is 4.74 Å². The molecule has 0 saturated carbocycles. The lowest BCUT2D eigenvalue weighted by Gasteiger charge is -2.10. The molecule has 0 radical (unpaired) electrons. The van der Waals surface area contributed by atoms with E-state index in [1.807, 2.05) is 12.1 Å². The zero-order valence-electron chi connectivity index (χ0n) is 10.00. The average molecular weight is 483 g/mol. The number of Topliss-reactive ketones (excluding diaryl/α,β-unsaturated/α-hetero) is 1. The van der Waals surface area contributed by atoms with E-state index in [-0.39, 0.29) is 12.4 Å². The summed E-state index contributed by atoms with van der Waals surface area (Å²) in [6.45, 7) is -0.0564. The Kier molecular flexibility index (Phi) is 5.66. The zero-order valence-corrected chi connectivity index (χ0v) is 15.5. The molecule has 20 heavy (non-hydrogen) atoms. The van der Waals surface area contributed by atoms with Crippen molar-refractivity contribution in [1.82, 2.24) is 0 Å². The van der Waals surface area contributed by atoms with Gasteiger partial charge in [-0.3, -0.25) is 4.79 Å². The number of carbonyl (C=O) groups is 1. The third-order valence-electron chi connectivity index (χ3n) is 2.46. The van der Waals surface area contributed by atoms with Gasteiger partial charge in [0.15, 0.2) is 12.4 Å². The smallest absolute Gasteiger partial charge is 0.200 e. The number of rotatable bonds is 4. The summed E-state index contributed by atoms with van der Waals surface area (Å²) in [4.78, 5) is 12.0. The van der Waals surface area contributed by atoms with Crippen LogP contribution >= 0.6 is 59.4 Å². The average Bonchev–Trinajstić information content (AvgIpc) is 2.37. The van der Waals surface area contributed by atoms with Gasteiger partial charge < -0.3 is 4.74 Å². The summed E-state index contributed by atoms with van der Waals surface area (Å²) in [6, 6.07) is 10.5. The first-order valence-electron chi connectivity index (χ1n) is 5.53. The van der Waals surface area contributed by atoms with Gasteiger partial charge in [-0.15, -0.1) is 0 Å². The van der Waals surface area contributed by atoms with E-state index < -0.39 is 0 Å². The fraction of sp³-hybridized carbons (Fsp3) is 0.0714. The first-order chi connectivity index (χ1) is 9.47. The monoisotopic (exact) mass is 480 g/mol. The maximum Gasteiger partial charge on any atom is 0.200 e. The van der Waals surface area contributed by atoms with Crippen LogP contribution in [-0.2, 0) is 0 Å². The van der Waals surface area contributed by atoms with E-state index >= 15 is 0 Å². The lowest BCUT2D eigenvalue weighted by atomic mass is 10.1. The van der Waals surface area contributed by atoms with E-state index in [4.69, 9.17) is 16.3 Å². The number of ether oxygens (including phenoxy) is 1. The Morgan fingerprint density at radius 3 is 2.35 bits per heavy atom. The lowest BCUT2D eigenvalue weighted by molar-refractivity contribution is 0.0920. The van der Waals surface area contributed by atoms with Crippen LogP contribution in [0.4, 0.5) is 0 Å². The van der Waals surface area contributed by atoms with Crippen molar-refractivity contribution >= 4 is 65.2 Å². The van der Waals surface area contributed by atoms with Gasteiger partial charge in [0.25, 0.3) is 0 Å². The number of carbonyl (C=O) groups excluding carboxylic acids is 1. The van der Waals surface area contributed by atoms with Crippen LogP contribution in [0.2, 0.25) is 5.02 Å². The van der Waals surface area contributed by atoms with Gasteiger partial charge in [-0.1, -0.05) is 39.7 Å². The Hall–Kier alpha value is -0.360. The van der Waals surface area contributed by atoms with Crippen LogP contribution in [-0.4, -0.2) is 12.4 Å². The summed E-state index contributed by atoms with van der Waals surface area (Å²) in [7, 11) is 0. The predicted molar refractivity (Wildman–Crippen MR) is 90.8 cm³/mol. The molecule has 0 aliphatic rings. The van der Waals surface area contributed by atoms with Gasteiger partial charge in [0.2, 0.25) is 0 Å². The molecular weight excluding hydrogens is 475 g/mol. The number of benzene rings is 2. The molecule has 0 heterocycles. The topological polar surface area (TPSA) is 26.3 Å². The Bertz CT molecular complexity index is 636. The molecule has 0 unspecified atom stereocenters. The van der Waals surface area contributed by atoms with Crippen LogP contribution in [0.15, 0.2) is 49.8 Å². The highest BCUT2D eigenvalue weighted by atomic mass is 79.9. The quantitative estimate of drug-likeness (QED) is 0.507. The van der Waals surface area contributed by atoms with E-state index in [0.29, 0.717) is 16.3 Å². The van der Waals surface area contributed by atoms with Gasteiger partial charge >= 0.3 is 0 Å². The molecule has 0 fully saturated rings. The largest absolute Gasteiger partial charge is 0.483 e. The molecule has 2 rings (SSSR count). The molecule has 2 aromatic carbocycles. The number of ketones is 1. The molecule has 2 nitrogen and oxygen atoms in total. The molecule has 6 heteroatoms. The normalized spacial score (nSPS) is 10.4. The van der Waals surface area contributed by atoms with E-state index in [1.54, 1.807) is 24.3 Å². The summed E-state index contributed by atoms with van der Waals surface area (Å²) in [5, 5.41) is 0.529. The highest BCUT2D eigenvalue weighted by molar-refractivity contribution is 9.11. The molecule has 2 aromatic rings. The van der Waals surface area contributed by atoms with Crippen LogP contribution in [0.25, 0.3) is 0 Å². The van der Waals surface area contributed by atoms with Crippen LogP contribution in [0.5, 0.6) is 5.75 Å². The minimum Gasteiger partial charge on any atom is -0.483 e. The highest BCUT2D eigenvalue weighted by Crippen LogP contribution is 2.36. The minimum absolute atomic E-state index is 0.0564. The van der Waals surface area contributed by atoms with Gasteiger partial charge in [-0.25, -0.2) is 0 Å². The molecule has 0 bridgehead atoms. The van der Waals surface area contributed by atoms with Crippen molar-refractivity contribution in [3.8, 4) is 5.75 Å². The molecule has 0 amide bonds. The van der Waals surface area contributed by atoms with Crippen molar-refractivity contribution in [3.05, 3.63) is 60.4 Å². The van der Waals surface area contributed by atoms with Crippen molar-refractivity contribution in [2.75, 3.05) is 6.61 Å². The summed E-state index contributed by atoms with van der Waals surface area (Å²) in [6.07, 6.45) is 0. The summed E-state index contributed by atoms with van der Waals surface area (Å²) < 4.78 is 8.00. The summed E-state index contributed by atoms with van der Waals surface area (Å²) in [5.74, 6) is 0.456. The highest BCUT2D eigenvalue weighted by Gasteiger charge is 2.12. The third kappa shape index (κ3) is 4.07. The Labute approximate surface area is 146 Å². The molecular formula is C14H8Br3ClO2. The third-order valence-corrected chi connectivity index (χ3v) is 4.33.